The van der Waals surface area contributed by atoms with Crippen LogP contribution in [-0.4, -0.2) is 58.6 Å². The van der Waals surface area contributed by atoms with E-state index < -0.39 is 72.7 Å². The topological polar surface area (TPSA) is 152 Å². The molecule has 1 aliphatic heterocycles. The monoisotopic (exact) mass is 733 g/mol. The molecule has 2 aromatic carbocycles. The van der Waals surface area contributed by atoms with Crippen molar-refractivity contribution in [2.75, 3.05) is 18.1 Å². The SMILES string of the molecule is CCC1C(N)C(c2ncc(OCCCC(=O)O)c(Cc3cc(C#N)cc(C(F)(F)F)c3)n2)c2cc(C(F)(F)F)ccc2N1C(=O)OCC(F)(F)F. The Labute approximate surface area is 283 Å². The van der Waals surface area contributed by atoms with Crippen LogP contribution in [0, 0.1) is 11.3 Å². The van der Waals surface area contributed by atoms with Crippen molar-refractivity contribution in [1.29, 1.82) is 5.26 Å². The molecule has 2 heterocycles. The number of carbonyl (C=O) groups excluding carboxylic acids is 1. The summed E-state index contributed by atoms with van der Waals surface area (Å²) in [6, 6.07) is 3.78. The Balaban J connectivity index is 1.88. The van der Waals surface area contributed by atoms with E-state index in [1.54, 1.807) is 6.07 Å². The van der Waals surface area contributed by atoms with Gasteiger partial charge in [-0.1, -0.05) is 6.92 Å². The van der Waals surface area contributed by atoms with Crippen molar-refractivity contribution in [2.45, 2.75) is 69.1 Å². The Morgan fingerprint density at radius 2 is 1.71 bits per heavy atom. The third kappa shape index (κ3) is 9.36. The average Bonchev–Trinajstić information content (AvgIpc) is 3.03. The zero-order valence-corrected chi connectivity index (χ0v) is 26.4. The summed E-state index contributed by atoms with van der Waals surface area (Å²) in [4.78, 5) is 33.4. The number of nitrogens with two attached hydrogens (primary N) is 1. The summed E-state index contributed by atoms with van der Waals surface area (Å²) < 4.78 is 132. The number of nitrogens with zero attached hydrogens (tertiary/aromatic N) is 4. The van der Waals surface area contributed by atoms with Crippen molar-refractivity contribution < 1.29 is 63.7 Å². The molecule has 0 fully saturated rings. The molecule has 1 amide bonds. The first kappa shape index (κ1) is 38.7. The molecule has 51 heavy (non-hydrogen) atoms. The fourth-order valence-electron chi connectivity index (χ4n) is 5.63. The molecule has 0 aliphatic carbocycles. The van der Waals surface area contributed by atoms with Crippen molar-refractivity contribution in [1.82, 2.24) is 9.97 Å². The van der Waals surface area contributed by atoms with Crippen LogP contribution < -0.4 is 15.4 Å². The highest BCUT2D eigenvalue weighted by molar-refractivity contribution is 5.91. The van der Waals surface area contributed by atoms with E-state index in [9.17, 15) is 54.4 Å². The Hall–Kier alpha value is -5.12. The molecule has 10 nitrogen and oxygen atoms in total. The van der Waals surface area contributed by atoms with Gasteiger partial charge in [-0.3, -0.25) is 9.69 Å². The number of aliphatic carboxylic acids is 1. The minimum absolute atomic E-state index is 0.00177. The fraction of sp³-hybridized carbons (Fsp3) is 0.406. The Morgan fingerprint density at radius 3 is 2.29 bits per heavy atom. The van der Waals surface area contributed by atoms with Crippen molar-refractivity contribution in [2.24, 2.45) is 5.73 Å². The Morgan fingerprint density at radius 1 is 1.02 bits per heavy atom. The van der Waals surface area contributed by atoms with Gasteiger partial charge in [-0.15, -0.1) is 0 Å². The van der Waals surface area contributed by atoms with Crippen LogP contribution >= 0.6 is 0 Å². The first-order chi connectivity index (χ1) is 23.7. The van der Waals surface area contributed by atoms with E-state index in [1.165, 1.54) is 6.92 Å². The highest BCUT2D eigenvalue weighted by Crippen LogP contribution is 2.45. The van der Waals surface area contributed by atoms with E-state index in [0.717, 1.165) is 29.3 Å². The molecule has 4 rings (SSSR count). The molecule has 0 saturated heterocycles. The van der Waals surface area contributed by atoms with Crippen LogP contribution in [0.15, 0.2) is 42.6 Å². The summed E-state index contributed by atoms with van der Waals surface area (Å²) >= 11 is 0. The molecule has 0 radical (unpaired) electrons. The van der Waals surface area contributed by atoms with Crippen molar-refractivity contribution in [3.63, 3.8) is 0 Å². The van der Waals surface area contributed by atoms with Gasteiger partial charge < -0.3 is 20.3 Å². The van der Waals surface area contributed by atoms with Gasteiger partial charge in [-0.05, 0) is 60.4 Å². The summed E-state index contributed by atoms with van der Waals surface area (Å²) in [6.45, 7) is -0.681. The van der Waals surface area contributed by atoms with Crippen LogP contribution in [0.4, 0.5) is 50.0 Å². The van der Waals surface area contributed by atoms with Crippen LogP contribution in [0.3, 0.4) is 0 Å². The molecule has 0 saturated carbocycles. The van der Waals surface area contributed by atoms with Gasteiger partial charge in [0.25, 0.3) is 0 Å². The lowest BCUT2D eigenvalue weighted by Gasteiger charge is -2.44. The number of halogens is 9. The van der Waals surface area contributed by atoms with Crippen molar-refractivity contribution in [3.8, 4) is 11.8 Å². The quantitative estimate of drug-likeness (QED) is 0.166. The zero-order valence-electron chi connectivity index (χ0n) is 26.4. The Kier molecular flexibility index (Phi) is 11.4. The van der Waals surface area contributed by atoms with E-state index in [-0.39, 0.29) is 65.5 Å². The largest absolute Gasteiger partial charge is 0.490 e. The van der Waals surface area contributed by atoms with E-state index in [1.807, 2.05) is 0 Å². The number of rotatable bonds is 10. The number of carboxylic acids is 1. The summed E-state index contributed by atoms with van der Waals surface area (Å²) in [5, 5.41) is 18.3. The predicted molar refractivity (Wildman–Crippen MR) is 159 cm³/mol. The minimum Gasteiger partial charge on any atom is -0.490 e. The molecule has 3 unspecified atom stereocenters. The summed E-state index contributed by atoms with van der Waals surface area (Å²) in [7, 11) is 0. The summed E-state index contributed by atoms with van der Waals surface area (Å²) in [6.07, 6.45) is -15.9. The van der Waals surface area contributed by atoms with Gasteiger partial charge in [-0.25, -0.2) is 14.8 Å². The van der Waals surface area contributed by atoms with Gasteiger partial charge in [-0.2, -0.15) is 44.8 Å². The fourth-order valence-corrected chi connectivity index (χ4v) is 5.63. The van der Waals surface area contributed by atoms with Crippen LogP contribution in [0.5, 0.6) is 5.75 Å². The molecule has 3 atom stereocenters. The van der Waals surface area contributed by atoms with E-state index in [0.29, 0.717) is 18.2 Å². The number of fused-ring (bicyclic) bond motifs is 1. The minimum atomic E-state index is -4.92. The second kappa shape index (κ2) is 15.0. The molecule has 0 bridgehead atoms. The number of amides is 1. The molecular weight excluding hydrogens is 705 g/mol. The molecule has 0 spiro atoms. The van der Waals surface area contributed by atoms with Gasteiger partial charge in [0, 0.05) is 18.9 Å². The van der Waals surface area contributed by atoms with E-state index in [4.69, 9.17) is 15.6 Å². The highest BCUT2D eigenvalue weighted by Gasteiger charge is 2.46. The van der Waals surface area contributed by atoms with E-state index >= 15 is 0 Å². The maximum atomic E-state index is 13.9. The molecular formula is C32H28F9N5O5. The van der Waals surface area contributed by atoms with Gasteiger partial charge in [0.15, 0.2) is 12.4 Å². The van der Waals surface area contributed by atoms with Gasteiger partial charge in [0.2, 0.25) is 0 Å². The number of ether oxygens (including phenoxy) is 2. The standard InChI is InChI=1S/C32H28F9N5O5/c1-2-22-27(43)26(20-12-18(31(36,37)38)5-6-23(20)46(22)29(49)51-15-30(33,34)35)28-44-14-24(50-7-3-4-25(47)48)21(45-28)11-16-8-17(13-42)10-19(9-16)32(39,40)41/h5-6,8-10,12,14,22,26-27H,2-4,7,11,15,43H2,1H3,(H,47,48). The zero-order chi connectivity index (χ0) is 37.9. The lowest BCUT2D eigenvalue weighted by Crippen LogP contribution is -2.57. The van der Waals surface area contributed by atoms with Gasteiger partial charge in [0.1, 0.15) is 5.82 Å². The number of nitriles is 1. The second-order valence-electron chi connectivity index (χ2n) is 11.4. The average molecular weight is 734 g/mol. The maximum absolute atomic E-state index is 13.9. The second-order valence-corrected chi connectivity index (χ2v) is 11.4. The first-order valence-corrected chi connectivity index (χ1v) is 15.0. The van der Waals surface area contributed by atoms with E-state index in [2.05, 4.69) is 14.7 Å². The number of alkyl halides is 9. The third-order valence-electron chi connectivity index (χ3n) is 7.82. The summed E-state index contributed by atoms with van der Waals surface area (Å²) in [5.74, 6) is -2.90. The molecule has 1 aromatic heterocycles. The van der Waals surface area contributed by atoms with Crippen LogP contribution in [0.2, 0.25) is 0 Å². The van der Waals surface area contributed by atoms with Crippen molar-refractivity contribution in [3.05, 3.63) is 81.9 Å². The highest BCUT2D eigenvalue weighted by atomic mass is 19.4. The molecule has 274 valence electrons. The molecule has 19 heteroatoms. The van der Waals surface area contributed by atoms with Gasteiger partial charge in [0.05, 0.1) is 58.9 Å². The number of benzene rings is 2. The smallest absolute Gasteiger partial charge is 0.422 e. The number of anilines is 1. The number of carboxylic acid groups (broad SMARTS) is 1. The summed E-state index contributed by atoms with van der Waals surface area (Å²) in [5.41, 5.74) is 3.08. The predicted octanol–water partition coefficient (Wildman–Crippen LogP) is 6.98. The first-order valence-electron chi connectivity index (χ1n) is 15.0. The Bertz CT molecular complexity index is 1810. The molecule has 3 N–H and O–H groups in total. The number of carbonyl (C=O) groups is 2. The molecule has 1 aliphatic rings. The number of aromatic nitrogens is 2. The van der Waals surface area contributed by atoms with Gasteiger partial charge >= 0.3 is 30.6 Å². The maximum Gasteiger partial charge on any atom is 0.422 e. The van der Waals surface area contributed by atoms with Crippen molar-refractivity contribution >= 4 is 17.7 Å². The number of hydrogen-bond acceptors (Lipinski definition) is 8. The number of hydrogen-bond donors (Lipinski definition) is 2. The van der Waals surface area contributed by atoms with Crippen LogP contribution in [0.25, 0.3) is 0 Å². The lowest BCUT2D eigenvalue weighted by molar-refractivity contribution is -0.160. The normalized spacial score (nSPS) is 17.8. The molecule has 3 aromatic rings. The lowest BCUT2D eigenvalue weighted by atomic mass is 9.79. The third-order valence-corrected chi connectivity index (χ3v) is 7.82. The van der Waals surface area contributed by atoms with Crippen LogP contribution in [0.1, 0.15) is 71.4 Å². The van der Waals surface area contributed by atoms with Crippen LogP contribution in [-0.2, 0) is 28.3 Å².